The number of nitriles is 2. The molecule has 0 aromatic heterocycles. The Hall–Kier alpha value is -6.20. The molecule has 2 aliphatic rings. The van der Waals surface area contributed by atoms with Crippen LogP contribution in [-0.4, -0.2) is 49.6 Å². The van der Waals surface area contributed by atoms with E-state index in [0.29, 0.717) is 35.8 Å². The number of hydrogen-bond donors (Lipinski definition) is 0. The SMILES string of the molecule is N#C/C(=C\c1ccc(OCc2ccccc2)cc1)C(=O)O[C@H]1COC2C1OC[C@H]2OC(=O)/C(C#N)=C/c1ccc(OCc2ccccc2)cc1. The van der Waals surface area contributed by atoms with Gasteiger partial charge in [0, 0.05) is 0 Å². The van der Waals surface area contributed by atoms with Crippen LogP contribution in [-0.2, 0) is 41.8 Å². The second-order valence-electron chi connectivity index (χ2n) is 11.5. The van der Waals surface area contributed by atoms with Crippen LogP contribution in [0.3, 0.4) is 0 Å². The summed E-state index contributed by atoms with van der Waals surface area (Å²) in [5, 5.41) is 19.4. The molecule has 10 heteroatoms. The second kappa shape index (κ2) is 16.3. The molecule has 4 aromatic carbocycles. The first-order valence-corrected chi connectivity index (χ1v) is 15.9. The first-order valence-electron chi connectivity index (χ1n) is 15.9. The van der Waals surface area contributed by atoms with Gasteiger partial charge in [-0.3, -0.25) is 0 Å². The summed E-state index contributed by atoms with van der Waals surface area (Å²) in [7, 11) is 0. The number of hydrogen-bond acceptors (Lipinski definition) is 10. The van der Waals surface area contributed by atoms with Crippen LogP contribution in [0.15, 0.2) is 120 Å². The average molecular weight is 669 g/mol. The van der Waals surface area contributed by atoms with Crippen LogP contribution in [0.25, 0.3) is 12.2 Å². The number of nitrogens with zero attached hydrogens (tertiary/aromatic N) is 2. The first kappa shape index (κ1) is 33.7. The summed E-state index contributed by atoms with van der Waals surface area (Å²) in [5.74, 6) is -0.375. The lowest BCUT2D eigenvalue weighted by atomic mass is 10.1. The standard InChI is InChI=1S/C40H32N2O8/c41-21-31(19-27-11-15-33(16-12-27)45-23-29-7-3-1-4-8-29)39(43)49-35-25-47-38-36(26-48-37(35)38)50-40(44)32(22-42)20-28-13-17-34(18-14-28)46-24-30-9-5-2-6-10-30/h1-20,35-38H,23-26H2/b31-19+,32-20+/t35-,36+,37?,38?. The van der Waals surface area contributed by atoms with Gasteiger partial charge >= 0.3 is 11.9 Å². The van der Waals surface area contributed by atoms with Crippen molar-refractivity contribution in [3.05, 3.63) is 143 Å². The summed E-state index contributed by atoms with van der Waals surface area (Å²) in [6.45, 7) is 0.800. The molecule has 250 valence electrons. The number of carbonyl (C=O) groups excluding carboxylic acids is 2. The molecule has 4 aromatic rings. The van der Waals surface area contributed by atoms with E-state index in [1.807, 2.05) is 72.8 Å². The van der Waals surface area contributed by atoms with Gasteiger partial charge in [-0.1, -0.05) is 84.9 Å². The number of ether oxygens (including phenoxy) is 6. The molecule has 0 spiro atoms. The lowest BCUT2D eigenvalue weighted by Gasteiger charge is -2.17. The largest absolute Gasteiger partial charge is 0.489 e. The van der Waals surface area contributed by atoms with E-state index in [2.05, 4.69) is 0 Å². The smallest absolute Gasteiger partial charge is 0.349 e. The van der Waals surface area contributed by atoms with Gasteiger partial charge in [-0.2, -0.15) is 10.5 Å². The highest BCUT2D eigenvalue weighted by Gasteiger charge is 2.51. The molecule has 10 nitrogen and oxygen atoms in total. The third-order valence-corrected chi connectivity index (χ3v) is 8.04. The van der Waals surface area contributed by atoms with Crippen molar-refractivity contribution in [2.45, 2.75) is 37.6 Å². The highest BCUT2D eigenvalue weighted by Crippen LogP contribution is 2.32. The van der Waals surface area contributed by atoms with Crippen LogP contribution < -0.4 is 9.47 Å². The molecule has 2 unspecified atom stereocenters. The monoisotopic (exact) mass is 668 g/mol. The minimum absolute atomic E-state index is 0.0130. The molecular weight excluding hydrogens is 636 g/mol. The van der Waals surface area contributed by atoms with E-state index in [4.69, 9.17) is 28.4 Å². The van der Waals surface area contributed by atoms with Gasteiger partial charge < -0.3 is 28.4 Å². The molecular formula is C40H32N2O8. The fraction of sp³-hybridized carbons (Fsp3) is 0.200. The van der Waals surface area contributed by atoms with Crippen molar-refractivity contribution >= 4 is 24.1 Å². The molecule has 2 aliphatic heterocycles. The molecule has 4 atom stereocenters. The van der Waals surface area contributed by atoms with E-state index in [-0.39, 0.29) is 24.4 Å². The molecule has 6 rings (SSSR count). The van der Waals surface area contributed by atoms with Crippen LogP contribution in [0.1, 0.15) is 22.3 Å². The summed E-state index contributed by atoms with van der Waals surface area (Å²) >= 11 is 0. The highest BCUT2D eigenvalue weighted by atomic mass is 16.7. The Kier molecular flexibility index (Phi) is 11.0. The van der Waals surface area contributed by atoms with Gasteiger partial charge in [-0.05, 0) is 58.7 Å². The Morgan fingerprint density at radius 2 is 0.980 bits per heavy atom. The molecule has 0 radical (unpaired) electrons. The van der Waals surface area contributed by atoms with Gasteiger partial charge in [-0.15, -0.1) is 0 Å². The predicted molar refractivity (Wildman–Crippen MR) is 181 cm³/mol. The van der Waals surface area contributed by atoms with Crippen molar-refractivity contribution in [1.29, 1.82) is 10.5 Å². The fourth-order valence-corrected chi connectivity index (χ4v) is 5.44. The topological polar surface area (TPSA) is 137 Å². The average Bonchev–Trinajstić information content (AvgIpc) is 3.75. The van der Waals surface area contributed by atoms with E-state index < -0.39 is 36.4 Å². The first-order chi connectivity index (χ1) is 24.5. The van der Waals surface area contributed by atoms with Crippen molar-refractivity contribution < 1.29 is 38.0 Å². The van der Waals surface area contributed by atoms with Crippen LogP contribution in [0.4, 0.5) is 0 Å². The molecule has 2 heterocycles. The molecule has 0 saturated carbocycles. The van der Waals surface area contributed by atoms with Crippen molar-refractivity contribution in [2.24, 2.45) is 0 Å². The zero-order valence-electron chi connectivity index (χ0n) is 26.8. The Balaban J connectivity index is 0.998. The van der Waals surface area contributed by atoms with Gasteiger partial charge in [0.25, 0.3) is 0 Å². The van der Waals surface area contributed by atoms with Crippen LogP contribution in [0, 0.1) is 22.7 Å². The Morgan fingerprint density at radius 3 is 1.34 bits per heavy atom. The predicted octanol–water partition coefficient (Wildman–Crippen LogP) is 5.98. The van der Waals surface area contributed by atoms with Gasteiger partial charge in [0.2, 0.25) is 0 Å². The molecule has 0 N–H and O–H groups in total. The van der Waals surface area contributed by atoms with Crippen LogP contribution >= 0.6 is 0 Å². The molecule has 0 amide bonds. The Bertz CT molecular complexity index is 1790. The third kappa shape index (κ3) is 8.63. The number of esters is 2. The highest BCUT2D eigenvalue weighted by molar-refractivity contribution is 5.98. The number of fused-ring (bicyclic) bond motifs is 1. The lowest BCUT2D eigenvalue weighted by Crippen LogP contribution is -2.36. The van der Waals surface area contributed by atoms with Gasteiger partial charge in [0.15, 0.2) is 12.2 Å². The van der Waals surface area contributed by atoms with Gasteiger partial charge in [-0.25, -0.2) is 9.59 Å². The van der Waals surface area contributed by atoms with Gasteiger partial charge in [0.05, 0.1) is 13.2 Å². The van der Waals surface area contributed by atoms with E-state index in [1.165, 1.54) is 12.2 Å². The van der Waals surface area contributed by atoms with Crippen LogP contribution in [0.5, 0.6) is 11.5 Å². The van der Waals surface area contributed by atoms with E-state index >= 15 is 0 Å². The summed E-state index contributed by atoms with van der Waals surface area (Å²) in [6.07, 6.45) is -0.216. The summed E-state index contributed by atoms with van der Waals surface area (Å²) in [6, 6.07) is 37.3. The van der Waals surface area contributed by atoms with Crippen molar-refractivity contribution in [2.75, 3.05) is 13.2 Å². The number of carbonyl (C=O) groups is 2. The van der Waals surface area contributed by atoms with Gasteiger partial charge in [0.1, 0.15) is 60.2 Å². The Morgan fingerprint density at radius 1 is 0.600 bits per heavy atom. The zero-order chi connectivity index (χ0) is 34.7. The summed E-state index contributed by atoms with van der Waals surface area (Å²) < 4.78 is 34.4. The third-order valence-electron chi connectivity index (χ3n) is 8.04. The van der Waals surface area contributed by atoms with E-state index in [1.54, 1.807) is 48.5 Å². The van der Waals surface area contributed by atoms with Crippen molar-refractivity contribution in [3.63, 3.8) is 0 Å². The summed E-state index contributed by atoms with van der Waals surface area (Å²) in [5.41, 5.74) is 2.89. The van der Waals surface area contributed by atoms with Crippen LogP contribution in [0.2, 0.25) is 0 Å². The fourth-order valence-electron chi connectivity index (χ4n) is 5.44. The quantitative estimate of drug-likeness (QED) is 0.101. The lowest BCUT2D eigenvalue weighted by molar-refractivity contribution is -0.149. The Labute approximate surface area is 289 Å². The van der Waals surface area contributed by atoms with E-state index in [0.717, 1.165) is 11.1 Å². The maximum absolute atomic E-state index is 12.9. The zero-order valence-corrected chi connectivity index (χ0v) is 26.8. The molecule has 2 saturated heterocycles. The second-order valence-corrected chi connectivity index (χ2v) is 11.5. The normalized spacial score (nSPS) is 19.8. The maximum atomic E-state index is 12.9. The van der Waals surface area contributed by atoms with Crippen molar-refractivity contribution in [3.8, 4) is 23.6 Å². The minimum atomic E-state index is -0.832. The minimum Gasteiger partial charge on any atom is -0.489 e. The summed E-state index contributed by atoms with van der Waals surface area (Å²) in [4.78, 5) is 25.9. The molecule has 50 heavy (non-hydrogen) atoms. The molecule has 2 fully saturated rings. The van der Waals surface area contributed by atoms with Crippen molar-refractivity contribution in [1.82, 2.24) is 0 Å². The van der Waals surface area contributed by atoms with E-state index in [9.17, 15) is 20.1 Å². The number of rotatable bonds is 12. The maximum Gasteiger partial charge on any atom is 0.349 e. The molecule has 0 aliphatic carbocycles. The molecule has 0 bridgehead atoms. The number of benzene rings is 4.